The fraction of sp³-hybridized carbons (Fsp3) is 0.947. The van der Waals surface area contributed by atoms with E-state index in [1.807, 2.05) is 0 Å². The van der Waals surface area contributed by atoms with Crippen molar-refractivity contribution < 1.29 is 78.7 Å². The summed E-state index contributed by atoms with van der Waals surface area (Å²) in [6.45, 7) is 3.04. The zero-order valence-electron chi connectivity index (χ0n) is 21.0. The number of hydrogen-bond acceptors (Lipinski definition) is 13. The molecule has 2 aliphatic rings. The Bertz CT molecular complexity index is 723. The SMILES string of the molecule is CO[C@@H]1OC(CO)[C@@H](O[C@@H]2OC(CO)[C@@H](C)[C@H](O)C2NC(C)=O)[C@H](O)C1N(CC(C)N)/[N+]([O-])=N/[O-].[Na+]. The molecule has 5 unspecified atom stereocenters. The van der Waals surface area contributed by atoms with E-state index < -0.39 is 86.3 Å². The van der Waals surface area contributed by atoms with Crippen molar-refractivity contribution in [3.8, 4) is 0 Å². The number of rotatable bonds is 10. The summed E-state index contributed by atoms with van der Waals surface area (Å²) in [5, 5.41) is 70.4. The Morgan fingerprint density at radius 3 is 2.28 bits per heavy atom. The van der Waals surface area contributed by atoms with Gasteiger partial charge in [-0.3, -0.25) is 4.79 Å². The van der Waals surface area contributed by atoms with Crippen LogP contribution in [0.5, 0.6) is 0 Å². The van der Waals surface area contributed by atoms with Gasteiger partial charge in [0.2, 0.25) is 5.91 Å². The average molecular weight is 534 g/mol. The molecule has 0 bridgehead atoms. The number of carbonyl (C=O) groups excluding carboxylic acids is 1. The molecule has 2 aliphatic heterocycles. The Labute approximate surface area is 230 Å². The number of aliphatic hydroxyl groups is 4. The number of ether oxygens (including phenoxy) is 4. The van der Waals surface area contributed by atoms with Crippen LogP contribution in [0, 0.1) is 16.3 Å². The molecule has 0 aliphatic carbocycles. The van der Waals surface area contributed by atoms with Gasteiger partial charge < -0.3 is 60.8 Å². The predicted octanol–water partition coefficient (Wildman–Crippen LogP) is -6.29. The van der Waals surface area contributed by atoms with Crippen LogP contribution in [0.2, 0.25) is 0 Å². The second-order valence-electron chi connectivity index (χ2n) is 8.78. The third kappa shape index (κ3) is 7.58. The molecule has 2 heterocycles. The molecule has 0 spiro atoms. The van der Waals surface area contributed by atoms with Gasteiger partial charge in [-0.15, -0.1) is 5.01 Å². The summed E-state index contributed by atoms with van der Waals surface area (Å²) in [6.07, 6.45) is -9.04. The standard InChI is InChI=1S/C19H37N5O11.Na/c1-8(20)5-23(24(31)22-30)14-16(29)17(12(7-26)34-19(14)32-4)35-18-13(21-10(3)27)15(28)9(2)11(6-25)33-18;/h8-9,11-19,25-26,28-30H,5-7,20H2,1-4H3,(H,21,27);/q;+1/p-1/b24-22-;/t8?,9-,11?,12?,13?,14?,15+,16-,17-,18+,19-;/m1./s1. The van der Waals surface area contributed by atoms with Gasteiger partial charge in [0.15, 0.2) is 18.6 Å². The molecule has 204 valence electrons. The largest absolute Gasteiger partial charge is 1.00 e. The minimum atomic E-state index is -1.64. The Hall–Kier alpha value is -0.890. The number of amides is 1. The van der Waals surface area contributed by atoms with Gasteiger partial charge in [0.05, 0.1) is 32.0 Å². The van der Waals surface area contributed by atoms with Crippen LogP contribution in [-0.4, -0.2) is 124 Å². The van der Waals surface area contributed by atoms with Gasteiger partial charge in [0.25, 0.3) is 0 Å². The van der Waals surface area contributed by atoms with E-state index in [1.54, 1.807) is 13.8 Å². The van der Waals surface area contributed by atoms with Crippen LogP contribution in [0.15, 0.2) is 5.28 Å². The van der Waals surface area contributed by atoms with Crippen molar-refractivity contribution in [1.82, 2.24) is 10.3 Å². The van der Waals surface area contributed by atoms with Gasteiger partial charge in [-0.1, -0.05) is 6.92 Å². The maximum Gasteiger partial charge on any atom is 1.00 e. The first-order valence-electron chi connectivity index (χ1n) is 11.2. The first-order chi connectivity index (χ1) is 16.5. The zero-order chi connectivity index (χ0) is 26.4. The fourth-order valence-electron chi connectivity index (χ4n) is 4.34. The number of hydrogen-bond donors (Lipinski definition) is 6. The summed E-state index contributed by atoms with van der Waals surface area (Å²) in [7, 11) is 1.23. The minimum Gasteiger partial charge on any atom is -0.737 e. The summed E-state index contributed by atoms with van der Waals surface area (Å²) in [5.74, 6) is -1.09. The molecule has 11 atom stereocenters. The van der Waals surface area contributed by atoms with Gasteiger partial charge in [0, 0.05) is 31.0 Å². The molecule has 2 saturated heterocycles. The van der Waals surface area contributed by atoms with E-state index in [4.69, 9.17) is 24.7 Å². The van der Waals surface area contributed by atoms with Crippen molar-refractivity contribution in [2.75, 3.05) is 26.9 Å². The average Bonchev–Trinajstić information content (AvgIpc) is 2.82. The summed E-state index contributed by atoms with van der Waals surface area (Å²) < 4.78 is 22.6. The molecule has 16 nitrogen and oxygen atoms in total. The topological polar surface area (TPSA) is 238 Å². The van der Waals surface area contributed by atoms with E-state index in [-0.39, 0.29) is 41.1 Å². The first kappa shape index (κ1) is 33.1. The molecule has 0 aromatic carbocycles. The van der Waals surface area contributed by atoms with Crippen LogP contribution in [0.25, 0.3) is 0 Å². The van der Waals surface area contributed by atoms with E-state index in [9.17, 15) is 35.6 Å². The van der Waals surface area contributed by atoms with Gasteiger partial charge in [-0.25, -0.2) is 0 Å². The van der Waals surface area contributed by atoms with Crippen molar-refractivity contribution in [2.45, 2.75) is 82.0 Å². The van der Waals surface area contributed by atoms with E-state index in [1.165, 1.54) is 14.0 Å². The number of nitrogens with zero attached hydrogens (tertiary/aromatic N) is 3. The summed E-state index contributed by atoms with van der Waals surface area (Å²) >= 11 is 0. The number of carbonyl (C=O) groups is 1. The van der Waals surface area contributed by atoms with Crippen molar-refractivity contribution in [3.63, 3.8) is 0 Å². The number of nitrogens with two attached hydrogens (primary N) is 1. The normalized spacial score (nSPS) is 38.1. The van der Waals surface area contributed by atoms with Crippen LogP contribution in [0.4, 0.5) is 0 Å². The van der Waals surface area contributed by atoms with Crippen molar-refractivity contribution in [1.29, 1.82) is 0 Å². The third-order valence-corrected chi connectivity index (χ3v) is 6.10. The van der Waals surface area contributed by atoms with Crippen molar-refractivity contribution >= 4 is 5.91 Å². The van der Waals surface area contributed by atoms with Gasteiger partial charge in [-0.2, -0.15) is 0 Å². The second kappa shape index (κ2) is 14.9. The Balaban J connectivity index is 0.00000648. The molecule has 2 fully saturated rings. The minimum absolute atomic E-state index is 0. The molecule has 2 rings (SSSR count). The Morgan fingerprint density at radius 2 is 1.81 bits per heavy atom. The maximum atomic E-state index is 12.2. The van der Waals surface area contributed by atoms with Crippen molar-refractivity contribution in [3.05, 3.63) is 10.4 Å². The van der Waals surface area contributed by atoms with Crippen molar-refractivity contribution in [2.24, 2.45) is 16.9 Å². The molecule has 1 amide bonds. The van der Waals surface area contributed by atoms with E-state index in [0.717, 1.165) is 5.01 Å². The van der Waals surface area contributed by atoms with Crippen LogP contribution in [-0.2, 0) is 23.7 Å². The molecule has 36 heavy (non-hydrogen) atoms. The van der Waals surface area contributed by atoms with E-state index in [2.05, 4.69) is 10.6 Å². The summed E-state index contributed by atoms with van der Waals surface area (Å²) in [6, 6.07) is -3.11. The Kier molecular flexibility index (Phi) is 13.7. The quantitative estimate of drug-likeness (QED) is 0.0664. The first-order valence-corrected chi connectivity index (χ1v) is 11.2. The molecular formula is C19H36N5NaO11. The van der Waals surface area contributed by atoms with Crippen LogP contribution in [0.3, 0.4) is 0 Å². The molecular weight excluding hydrogens is 497 g/mol. The predicted molar refractivity (Wildman–Crippen MR) is 116 cm³/mol. The molecule has 0 saturated carbocycles. The molecule has 17 heteroatoms. The van der Waals surface area contributed by atoms with E-state index in [0.29, 0.717) is 0 Å². The number of methoxy groups -OCH3 is 1. The van der Waals surface area contributed by atoms with Crippen LogP contribution < -0.4 is 40.6 Å². The monoisotopic (exact) mass is 533 g/mol. The maximum absolute atomic E-state index is 12.2. The Morgan fingerprint density at radius 1 is 1.22 bits per heavy atom. The third-order valence-electron chi connectivity index (χ3n) is 6.10. The molecule has 0 radical (unpaired) electrons. The van der Waals surface area contributed by atoms with E-state index >= 15 is 0 Å². The summed E-state index contributed by atoms with van der Waals surface area (Å²) in [4.78, 5) is 11.5. The van der Waals surface area contributed by atoms with Gasteiger partial charge in [-0.05, 0) is 12.2 Å². The van der Waals surface area contributed by atoms with Gasteiger partial charge >= 0.3 is 29.6 Å². The number of hydrazine groups is 1. The fourth-order valence-corrected chi connectivity index (χ4v) is 4.34. The number of nitrogens with one attached hydrogen (secondary N) is 1. The van der Waals surface area contributed by atoms with Gasteiger partial charge in [0.1, 0.15) is 24.4 Å². The zero-order valence-corrected chi connectivity index (χ0v) is 23.0. The van der Waals surface area contributed by atoms with Crippen LogP contribution >= 0.6 is 0 Å². The smallest absolute Gasteiger partial charge is 0.737 e. The summed E-state index contributed by atoms with van der Waals surface area (Å²) in [5.41, 5.74) is 5.79. The molecule has 0 aromatic rings. The second-order valence-corrected chi connectivity index (χ2v) is 8.78. The van der Waals surface area contributed by atoms with Crippen LogP contribution in [0.1, 0.15) is 20.8 Å². The molecule has 7 N–H and O–H groups in total. The molecule has 0 aromatic heterocycles. The number of aliphatic hydroxyl groups excluding tert-OH is 4.